The molecule has 1 saturated heterocycles. The molecule has 0 amide bonds. The van der Waals surface area contributed by atoms with Crippen LogP contribution >= 0.6 is 12.2 Å². The van der Waals surface area contributed by atoms with Gasteiger partial charge in [0.05, 0.1) is 0 Å². The number of thiocarbonyl (C=S) groups is 1. The molecule has 0 spiro atoms. The lowest BCUT2D eigenvalue weighted by Gasteiger charge is -2.41. The summed E-state index contributed by atoms with van der Waals surface area (Å²) in [5.74, 6) is 1.57. The zero-order valence-corrected chi connectivity index (χ0v) is 12.9. The number of likely N-dealkylation sites (tertiary alicyclic amines) is 1. The van der Waals surface area contributed by atoms with E-state index in [4.69, 9.17) is 18.0 Å². The largest absolute Gasteiger partial charge is 0.389 e. The van der Waals surface area contributed by atoms with Crippen LogP contribution in [0.3, 0.4) is 0 Å². The number of hydrogen-bond donors (Lipinski definition) is 1. The second-order valence-corrected chi connectivity index (χ2v) is 6.49. The molecule has 0 saturated carbocycles. The average Bonchev–Trinajstić information content (AvgIpc) is 2.36. The van der Waals surface area contributed by atoms with Crippen LogP contribution in [0.15, 0.2) is 24.3 Å². The van der Waals surface area contributed by atoms with Crippen LogP contribution in [0.25, 0.3) is 0 Å². The normalized spacial score (nSPS) is 28.3. The number of rotatable bonds is 3. The molecule has 2 nitrogen and oxygen atoms in total. The van der Waals surface area contributed by atoms with Gasteiger partial charge in [0.2, 0.25) is 0 Å². The molecule has 1 aliphatic rings. The molecule has 1 heterocycles. The smallest absolute Gasteiger partial charge is 0.103 e. The maximum atomic E-state index is 5.63. The van der Waals surface area contributed by atoms with E-state index in [0.29, 0.717) is 11.0 Å². The van der Waals surface area contributed by atoms with Gasteiger partial charge in [0.1, 0.15) is 4.99 Å². The van der Waals surface area contributed by atoms with E-state index in [1.54, 1.807) is 0 Å². The SMILES string of the molecule is CC1CC(C)C(C)N(Cc2ccc(C(N)=S)cc2)C1. The highest BCUT2D eigenvalue weighted by Crippen LogP contribution is 2.28. The third-order valence-corrected chi connectivity index (χ3v) is 4.58. The summed E-state index contributed by atoms with van der Waals surface area (Å²) in [7, 11) is 0. The summed E-state index contributed by atoms with van der Waals surface area (Å²) in [4.78, 5) is 3.06. The summed E-state index contributed by atoms with van der Waals surface area (Å²) in [6.45, 7) is 9.28. The minimum atomic E-state index is 0.472. The fourth-order valence-corrected chi connectivity index (χ4v) is 3.19. The lowest BCUT2D eigenvalue weighted by Crippen LogP contribution is -2.45. The van der Waals surface area contributed by atoms with Crippen LogP contribution in [0, 0.1) is 11.8 Å². The quantitative estimate of drug-likeness (QED) is 0.860. The molecule has 0 aliphatic carbocycles. The van der Waals surface area contributed by atoms with Crippen molar-refractivity contribution in [2.45, 2.75) is 39.8 Å². The van der Waals surface area contributed by atoms with E-state index in [0.717, 1.165) is 23.9 Å². The van der Waals surface area contributed by atoms with E-state index in [-0.39, 0.29) is 0 Å². The Morgan fingerprint density at radius 2 is 1.89 bits per heavy atom. The molecule has 0 radical (unpaired) electrons. The van der Waals surface area contributed by atoms with Crippen molar-refractivity contribution < 1.29 is 0 Å². The van der Waals surface area contributed by atoms with Crippen LogP contribution in [0.4, 0.5) is 0 Å². The second-order valence-electron chi connectivity index (χ2n) is 6.05. The van der Waals surface area contributed by atoms with Gasteiger partial charge >= 0.3 is 0 Å². The highest BCUT2D eigenvalue weighted by molar-refractivity contribution is 7.80. The van der Waals surface area contributed by atoms with Gasteiger partial charge in [-0.25, -0.2) is 0 Å². The predicted octanol–water partition coefficient (Wildman–Crippen LogP) is 3.19. The number of hydrogen-bond acceptors (Lipinski definition) is 2. The third-order valence-electron chi connectivity index (χ3n) is 4.34. The molecule has 3 unspecified atom stereocenters. The average molecular weight is 276 g/mol. The fraction of sp³-hybridized carbons (Fsp3) is 0.562. The Kier molecular flexibility index (Phi) is 4.58. The van der Waals surface area contributed by atoms with Crippen molar-refractivity contribution in [3.05, 3.63) is 35.4 Å². The van der Waals surface area contributed by atoms with Gasteiger partial charge in [-0.3, -0.25) is 4.90 Å². The van der Waals surface area contributed by atoms with Gasteiger partial charge < -0.3 is 5.73 Å². The van der Waals surface area contributed by atoms with Gasteiger partial charge in [0.15, 0.2) is 0 Å². The first-order valence-electron chi connectivity index (χ1n) is 7.10. The Morgan fingerprint density at radius 1 is 1.26 bits per heavy atom. The summed E-state index contributed by atoms with van der Waals surface area (Å²) >= 11 is 4.98. The zero-order valence-electron chi connectivity index (χ0n) is 12.1. The van der Waals surface area contributed by atoms with E-state index in [2.05, 4.69) is 37.8 Å². The first-order valence-corrected chi connectivity index (χ1v) is 7.51. The standard InChI is InChI=1S/C16H24N2S/c1-11-8-12(2)13(3)18(9-11)10-14-4-6-15(7-5-14)16(17)19/h4-7,11-13H,8-10H2,1-3H3,(H2,17,19). The van der Waals surface area contributed by atoms with Gasteiger partial charge in [-0.05, 0) is 30.7 Å². The molecule has 1 aromatic rings. The minimum absolute atomic E-state index is 0.472. The fourth-order valence-electron chi connectivity index (χ4n) is 3.05. The van der Waals surface area contributed by atoms with Crippen LogP contribution in [0.2, 0.25) is 0 Å². The van der Waals surface area contributed by atoms with Crippen LogP contribution in [-0.4, -0.2) is 22.5 Å². The van der Waals surface area contributed by atoms with Crippen molar-refractivity contribution in [1.29, 1.82) is 0 Å². The lowest BCUT2D eigenvalue weighted by molar-refractivity contribution is 0.0729. The van der Waals surface area contributed by atoms with Crippen molar-refractivity contribution in [3.8, 4) is 0 Å². The number of benzene rings is 1. The van der Waals surface area contributed by atoms with Crippen LogP contribution in [0.5, 0.6) is 0 Å². The Hall–Kier alpha value is -0.930. The molecule has 1 fully saturated rings. The van der Waals surface area contributed by atoms with Crippen molar-refractivity contribution in [1.82, 2.24) is 4.90 Å². The topological polar surface area (TPSA) is 29.3 Å². The predicted molar refractivity (Wildman–Crippen MR) is 85.1 cm³/mol. The van der Waals surface area contributed by atoms with Crippen molar-refractivity contribution in [3.63, 3.8) is 0 Å². The van der Waals surface area contributed by atoms with Gasteiger partial charge in [-0.2, -0.15) is 0 Å². The van der Waals surface area contributed by atoms with Gasteiger partial charge in [0, 0.05) is 24.7 Å². The number of piperidine rings is 1. The third kappa shape index (κ3) is 3.54. The van der Waals surface area contributed by atoms with E-state index in [1.165, 1.54) is 18.5 Å². The zero-order chi connectivity index (χ0) is 14.0. The second kappa shape index (κ2) is 6.02. The molecule has 3 heteroatoms. The summed E-state index contributed by atoms with van der Waals surface area (Å²) in [5.41, 5.74) is 7.92. The summed E-state index contributed by atoms with van der Waals surface area (Å²) in [6.07, 6.45) is 1.35. The van der Waals surface area contributed by atoms with Gasteiger partial charge in [-0.15, -0.1) is 0 Å². The van der Waals surface area contributed by atoms with Gasteiger partial charge in [0.25, 0.3) is 0 Å². The molecule has 1 aliphatic heterocycles. The highest BCUT2D eigenvalue weighted by Gasteiger charge is 2.28. The molecule has 104 valence electrons. The molecule has 0 bridgehead atoms. The molecular formula is C16H24N2S. The lowest BCUT2D eigenvalue weighted by atomic mass is 9.86. The molecule has 0 aromatic heterocycles. The first-order chi connectivity index (χ1) is 8.97. The van der Waals surface area contributed by atoms with E-state index >= 15 is 0 Å². The van der Waals surface area contributed by atoms with Crippen LogP contribution < -0.4 is 5.73 Å². The Bertz CT molecular complexity index is 441. The van der Waals surface area contributed by atoms with Crippen LogP contribution in [-0.2, 0) is 6.54 Å². The van der Waals surface area contributed by atoms with E-state index < -0.39 is 0 Å². The molecule has 19 heavy (non-hydrogen) atoms. The number of nitrogens with zero attached hydrogens (tertiary/aromatic N) is 1. The number of nitrogens with two attached hydrogens (primary N) is 1. The first kappa shape index (κ1) is 14.5. The Morgan fingerprint density at radius 3 is 2.47 bits per heavy atom. The van der Waals surface area contributed by atoms with Crippen molar-refractivity contribution >= 4 is 17.2 Å². The Labute approximate surface area is 122 Å². The Balaban J connectivity index is 2.05. The molecule has 2 rings (SSSR count). The monoisotopic (exact) mass is 276 g/mol. The summed E-state index contributed by atoms with van der Waals surface area (Å²) < 4.78 is 0. The molecule has 3 atom stereocenters. The summed E-state index contributed by atoms with van der Waals surface area (Å²) in [6, 6.07) is 9.00. The minimum Gasteiger partial charge on any atom is -0.389 e. The maximum Gasteiger partial charge on any atom is 0.103 e. The molecule has 2 N–H and O–H groups in total. The highest BCUT2D eigenvalue weighted by atomic mass is 32.1. The van der Waals surface area contributed by atoms with E-state index in [9.17, 15) is 0 Å². The van der Waals surface area contributed by atoms with Crippen molar-refractivity contribution in [2.75, 3.05) is 6.54 Å². The molecule has 1 aromatic carbocycles. The maximum absolute atomic E-state index is 5.63. The van der Waals surface area contributed by atoms with Crippen molar-refractivity contribution in [2.24, 2.45) is 17.6 Å². The molecular weight excluding hydrogens is 252 g/mol. The summed E-state index contributed by atoms with van der Waals surface area (Å²) in [5, 5.41) is 0. The van der Waals surface area contributed by atoms with E-state index in [1.807, 2.05) is 12.1 Å². The van der Waals surface area contributed by atoms with Gasteiger partial charge in [-0.1, -0.05) is 50.3 Å². The van der Waals surface area contributed by atoms with Crippen LogP contribution in [0.1, 0.15) is 38.3 Å².